The van der Waals surface area contributed by atoms with Crippen molar-refractivity contribution < 1.29 is 5.11 Å². The summed E-state index contributed by atoms with van der Waals surface area (Å²) in [6.45, 7) is 0.655. The Kier molecular flexibility index (Phi) is 3.73. The SMILES string of the molecule is NCC(CO)Cc1ccc(N)cc1. The smallest absolute Gasteiger partial charge is 0.0474 e. The van der Waals surface area contributed by atoms with Gasteiger partial charge in [0.15, 0.2) is 0 Å². The number of hydrogen-bond donors (Lipinski definition) is 3. The van der Waals surface area contributed by atoms with E-state index in [1.807, 2.05) is 24.3 Å². The summed E-state index contributed by atoms with van der Waals surface area (Å²) in [7, 11) is 0. The number of nitrogens with two attached hydrogens (primary N) is 2. The lowest BCUT2D eigenvalue weighted by molar-refractivity contribution is 0.230. The predicted molar refractivity (Wildman–Crippen MR) is 54.2 cm³/mol. The van der Waals surface area contributed by atoms with Crippen molar-refractivity contribution in [2.45, 2.75) is 6.42 Å². The molecule has 0 fully saturated rings. The van der Waals surface area contributed by atoms with Crippen LogP contribution >= 0.6 is 0 Å². The summed E-state index contributed by atoms with van der Waals surface area (Å²) >= 11 is 0. The number of hydrogen-bond acceptors (Lipinski definition) is 3. The molecule has 3 heteroatoms. The Balaban J connectivity index is 2.58. The monoisotopic (exact) mass is 180 g/mol. The van der Waals surface area contributed by atoms with Crippen molar-refractivity contribution in [2.24, 2.45) is 11.7 Å². The van der Waals surface area contributed by atoms with Crippen LogP contribution in [0.2, 0.25) is 0 Å². The van der Waals surface area contributed by atoms with Crippen LogP contribution in [0.25, 0.3) is 0 Å². The molecule has 13 heavy (non-hydrogen) atoms. The van der Waals surface area contributed by atoms with Crippen molar-refractivity contribution >= 4 is 5.69 Å². The zero-order valence-electron chi connectivity index (χ0n) is 7.61. The fourth-order valence-corrected chi connectivity index (χ4v) is 1.21. The minimum Gasteiger partial charge on any atom is -0.399 e. The number of anilines is 1. The maximum absolute atomic E-state index is 8.94. The summed E-state index contributed by atoms with van der Waals surface area (Å²) in [5, 5.41) is 8.94. The maximum Gasteiger partial charge on any atom is 0.0474 e. The molecule has 3 nitrogen and oxygen atoms in total. The third-order valence-electron chi connectivity index (χ3n) is 2.10. The molecule has 0 aromatic heterocycles. The Morgan fingerprint density at radius 3 is 2.31 bits per heavy atom. The van der Waals surface area contributed by atoms with Gasteiger partial charge >= 0.3 is 0 Å². The summed E-state index contributed by atoms with van der Waals surface area (Å²) in [6.07, 6.45) is 0.813. The van der Waals surface area contributed by atoms with Gasteiger partial charge in [0.2, 0.25) is 0 Å². The van der Waals surface area contributed by atoms with Crippen molar-refractivity contribution in [3.05, 3.63) is 29.8 Å². The molecule has 1 aromatic carbocycles. The van der Waals surface area contributed by atoms with Crippen molar-refractivity contribution in [1.29, 1.82) is 0 Å². The first kappa shape index (κ1) is 10.0. The van der Waals surface area contributed by atoms with Gasteiger partial charge in [0.1, 0.15) is 0 Å². The Bertz CT molecular complexity index is 242. The topological polar surface area (TPSA) is 72.3 Å². The maximum atomic E-state index is 8.94. The Morgan fingerprint density at radius 2 is 1.85 bits per heavy atom. The highest BCUT2D eigenvalue weighted by Crippen LogP contribution is 2.10. The lowest BCUT2D eigenvalue weighted by Gasteiger charge is -2.10. The second-order valence-electron chi connectivity index (χ2n) is 3.23. The first-order valence-electron chi connectivity index (χ1n) is 4.41. The van der Waals surface area contributed by atoms with E-state index in [0.717, 1.165) is 12.1 Å². The van der Waals surface area contributed by atoms with Crippen molar-refractivity contribution in [3.63, 3.8) is 0 Å². The lowest BCUT2D eigenvalue weighted by atomic mass is 10.0. The van der Waals surface area contributed by atoms with E-state index < -0.39 is 0 Å². The molecule has 0 aliphatic rings. The van der Waals surface area contributed by atoms with Crippen LogP contribution in [0, 0.1) is 5.92 Å². The van der Waals surface area contributed by atoms with Gasteiger partial charge in [-0.15, -0.1) is 0 Å². The van der Waals surface area contributed by atoms with E-state index >= 15 is 0 Å². The molecule has 0 radical (unpaired) electrons. The van der Waals surface area contributed by atoms with Gasteiger partial charge in [0, 0.05) is 12.3 Å². The molecule has 5 N–H and O–H groups in total. The van der Waals surface area contributed by atoms with Crippen LogP contribution in [0.4, 0.5) is 5.69 Å². The second-order valence-corrected chi connectivity index (χ2v) is 3.23. The van der Waals surface area contributed by atoms with E-state index in [9.17, 15) is 0 Å². The third-order valence-corrected chi connectivity index (χ3v) is 2.10. The van der Waals surface area contributed by atoms with Crippen LogP contribution in [0.5, 0.6) is 0 Å². The molecule has 0 aliphatic carbocycles. The molecule has 0 bridgehead atoms. The van der Waals surface area contributed by atoms with Gasteiger partial charge in [-0.25, -0.2) is 0 Å². The average Bonchev–Trinajstić information content (AvgIpc) is 2.17. The summed E-state index contributed by atoms with van der Waals surface area (Å²) in [5.41, 5.74) is 13.0. The van der Waals surface area contributed by atoms with Gasteiger partial charge in [-0.3, -0.25) is 0 Å². The van der Waals surface area contributed by atoms with Crippen molar-refractivity contribution in [3.8, 4) is 0 Å². The van der Waals surface area contributed by atoms with Crippen LogP contribution < -0.4 is 11.5 Å². The molecule has 0 saturated heterocycles. The second kappa shape index (κ2) is 4.84. The van der Waals surface area contributed by atoms with Crippen LogP contribution in [0.1, 0.15) is 5.56 Å². The molecule has 1 rings (SSSR count). The Labute approximate surface area is 78.4 Å². The molecule has 0 amide bonds. The number of aliphatic hydroxyl groups is 1. The highest BCUT2D eigenvalue weighted by atomic mass is 16.3. The van der Waals surface area contributed by atoms with Gasteiger partial charge in [-0.2, -0.15) is 0 Å². The van der Waals surface area contributed by atoms with Crippen LogP contribution in [-0.2, 0) is 6.42 Å². The minimum atomic E-state index is 0.140. The zero-order chi connectivity index (χ0) is 9.68. The molecular weight excluding hydrogens is 164 g/mol. The minimum absolute atomic E-state index is 0.140. The largest absolute Gasteiger partial charge is 0.399 e. The van der Waals surface area contributed by atoms with Gasteiger partial charge in [0.05, 0.1) is 0 Å². The van der Waals surface area contributed by atoms with E-state index in [-0.39, 0.29) is 12.5 Å². The van der Waals surface area contributed by atoms with Crippen LogP contribution in [-0.4, -0.2) is 18.3 Å². The molecule has 72 valence electrons. The molecule has 0 saturated carbocycles. The first-order valence-corrected chi connectivity index (χ1v) is 4.41. The molecule has 0 spiro atoms. The molecule has 1 unspecified atom stereocenters. The van der Waals surface area contributed by atoms with Crippen LogP contribution in [0.3, 0.4) is 0 Å². The Morgan fingerprint density at radius 1 is 1.23 bits per heavy atom. The summed E-state index contributed by atoms with van der Waals surface area (Å²) in [5.74, 6) is 0.156. The molecular formula is C10H16N2O. The van der Waals surface area contributed by atoms with Crippen molar-refractivity contribution in [1.82, 2.24) is 0 Å². The third kappa shape index (κ3) is 3.05. The summed E-state index contributed by atoms with van der Waals surface area (Å²) < 4.78 is 0. The van der Waals surface area contributed by atoms with Gasteiger partial charge in [0.25, 0.3) is 0 Å². The average molecular weight is 180 g/mol. The van der Waals surface area contributed by atoms with Gasteiger partial charge in [-0.05, 0) is 36.6 Å². The molecule has 0 heterocycles. The van der Waals surface area contributed by atoms with Gasteiger partial charge in [-0.1, -0.05) is 12.1 Å². The number of rotatable bonds is 4. The fraction of sp³-hybridized carbons (Fsp3) is 0.400. The standard InChI is InChI=1S/C10H16N2O/c11-6-9(7-13)5-8-1-3-10(12)4-2-8/h1-4,9,13H,5-7,11-12H2. The summed E-state index contributed by atoms with van der Waals surface area (Å²) in [4.78, 5) is 0. The van der Waals surface area contributed by atoms with E-state index in [0.29, 0.717) is 6.54 Å². The quantitative estimate of drug-likeness (QED) is 0.586. The molecule has 0 aliphatic heterocycles. The highest BCUT2D eigenvalue weighted by molar-refractivity contribution is 5.39. The van der Waals surface area contributed by atoms with Crippen LogP contribution in [0.15, 0.2) is 24.3 Å². The lowest BCUT2D eigenvalue weighted by Crippen LogP contribution is -2.20. The molecule has 1 aromatic rings. The van der Waals surface area contributed by atoms with E-state index in [4.69, 9.17) is 16.6 Å². The fourth-order valence-electron chi connectivity index (χ4n) is 1.21. The molecule has 1 atom stereocenters. The zero-order valence-corrected chi connectivity index (χ0v) is 7.61. The number of nitrogen functional groups attached to an aromatic ring is 1. The number of benzene rings is 1. The van der Waals surface area contributed by atoms with E-state index in [2.05, 4.69) is 0 Å². The Hall–Kier alpha value is -1.06. The highest BCUT2D eigenvalue weighted by Gasteiger charge is 2.05. The van der Waals surface area contributed by atoms with E-state index in [1.165, 1.54) is 5.56 Å². The number of aliphatic hydroxyl groups excluding tert-OH is 1. The predicted octanol–water partition coefficient (Wildman–Crippen LogP) is 0.378. The first-order chi connectivity index (χ1) is 6.26. The van der Waals surface area contributed by atoms with E-state index in [1.54, 1.807) is 0 Å². The van der Waals surface area contributed by atoms with Gasteiger partial charge < -0.3 is 16.6 Å². The van der Waals surface area contributed by atoms with Crippen molar-refractivity contribution in [2.75, 3.05) is 18.9 Å². The summed E-state index contributed by atoms with van der Waals surface area (Å²) in [6, 6.07) is 7.65. The normalized spacial score (nSPS) is 12.8.